The number of aromatic nitrogens is 3. The predicted molar refractivity (Wildman–Crippen MR) is 86.6 cm³/mol. The van der Waals surface area contributed by atoms with Gasteiger partial charge in [-0.3, -0.25) is 9.59 Å². The molecule has 4 rings (SSSR count). The molecule has 2 amide bonds. The zero-order valence-corrected chi connectivity index (χ0v) is 13.9. The fourth-order valence-corrected chi connectivity index (χ4v) is 3.83. The number of allylic oxidation sites excluding steroid dienone is 2. The lowest BCUT2D eigenvalue weighted by Gasteiger charge is -2.24. The maximum atomic E-state index is 12.8. The number of aryl methyl sites for hydroxylation is 1. The van der Waals surface area contributed by atoms with Crippen molar-refractivity contribution < 1.29 is 9.59 Å². The third kappa shape index (κ3) is 2.83. The van der Waals surface area contributed by atoms with Gasteiger partial charge in [0.15, 0.2) is 0 Å². The van der Waals surface area contributed by atoms with Crippen molar-refractivity contribution in [3.8, 4) is 0 Å². The molecule has 24 heavy (non-hydrogen) atoms. The first-order valence-electron chi connectivity index (χ1n) is 8.85. The summed E-state index contributed by atoms with van der Waals surface area (Å²) in [6, 6.07) is 0. The van der Waals surface area contributed by atoms with Gasteiger partial charge in [-0.2, -0.15) is 0 Å². The number of fused-ring (bicyclic) bond motifs is 1. The average Bonchev–Trinajstić information content (AvgIpc) is 3.29. The maximum Gasteiger partial charge on any atom is 0.226 e. The fourth-order valence-electron chi connectivity index (χ4n) is 3.83. The molecule has 0 bridgehead atoms. The average molecular weight is 329 g/mol. The summed E-state index contributed by atoms with van der Waals surface area (Å²) in [4.78, 5) is 28.5. The lowest BCUT2D eigenvalue weighted by atomic mass is 10.1. The second-order valence-electron chi connectivity index (χ2n) is 6.88. The Morgan fingerprint density at radius 2 is 2.00 bits per heavy atom. The Bertz CT molecular complexity index is 673. The van der Waals surface area contributed by atoms with E-state index in [0.717, 1.165) is 56.7 Å². The first kappa shape index (κ1) is 15.4. The third-order valence-corrected chi connectivity index (χ3v) is 5.24. The Kier molecular flexibility index (Phi) is 4.08. The van der Waals surface area contributed by atoms with E-state index in [1.807, 2.05) is 14.5 Å². The van der Waals surface area contributed by atoms with Gasteiger partial charge in [-0.05, 0) is 25.7 Å². The van der Waals surface area contributed by atoms with E-state index in [1.165, 1.54) is 0 Å². The van der Waals surface area contributed by atoms with E-state index in [0.29, 0.717) is 19.5 Å². The second-order valence-corrected chi connectivity index (χ2v) is 6.88. The molecule has 0 saturated carbocycles. The van der Waals surface area contributed by atoms with Gasteiger partial charge in [-0.25, -0.2) is 4.68 Å². The van der Waals surface area contributed by atoms with Gasteiger partial charge < -0.3 is 9.80 Å². The number of carbonyl (C=O) groups is 2. The highest BCUT2D eigenvalue weighted by Crippen LogP contribution is 2.24. The normalized spacial score (nSPS) is 21.4. The molecule has 0 spiro atoms. The smallest absolute Gasteiger partial charge is 0.226 e. The topological polar surface area (TPSA) is 71.3 Å². The van der Waals surface area contributed by atoms with E-state index in [9.17, 15) is 9.59 Å². The largest absolute Gasteiger partial charge is 0.337 e. The van der Waals surface area contributed by atoms with Crippen molar-refractivity contribution in [1.82, 2.24) is 24.8 Å². The number of nitrogens with zero attached hydrogens (tertiary/aromatic N) is 5. The highest BCUT2D eigenvalue weighted by atomic mass is 16.2. The minimum atomic E-state index is 0.0936. The molecular weight excluding hydrogens is 306 g/mol. The molecule has 0 aromatic carbocycles. The van der Waals surface area contributed by atoms with Crippen molar-refractivity contribution in [3.63, 3.8) is 0 Å². The molecule has 1 saturated heterocycles. The van der Waals surface area contributed by atoms with Crippen LogP contribution in [0, 0.1) is 5.92 Å². The number of amides is 2. The van der Waals surface area contributed by atoms with E-state index in [1.54, 1.807) is 0 Å². The SMILES string of the molecule is O=C1CCCN1Cc1nnn2c1CN(C(=O)C1CC=CC1)CCC2. The van der Waals surface area contributed by atoms with Crippen LogP contribution in [0.4, 0.5) is 0 Å². The van der Waals surface area contributed by atoms with E-state index in [4.69, 9.17) is 0 Å². The third-order valence-electron chi connectivity index (χ3n) is 5.24. The molecule has 0 N–H and O–H groups in total. The van der Waals surface area contributed by atoms with Crippen LogP contribution >= 0.6 is 0 Å². The van der Waals surface area contributed by atoms with Crippen molar-refractivity contribution in [2.45, 2.75) is 51.7 Å². The number of hydrogen-bond donors (Lipinski definition) is 0. The first-order valence-corrected chi connectivity index (χ1v) is 8.85. The molecule has 0 atom stereocenters. The summed E-state index contributed by atoms with van der Waals surface area (Å²) >= 11 is 0. The number of hydrogen-bond acceptors (Lipinski definition) is 4. The van der Waals surface area contributed by atoms with E-state index in [-0.39, 0.29) is 17.7 Å². The summed E-state index contributed by atoms with van der Waals surface area (Å²) in [6.45, 7) is 3.41. The van der Waals surface area contributed by atoms with Crippen molar-refractivity contribution in [2.75, 3.05) is 13.1 Å². The van der Waals surface area contributed by atoms with Crippen molar-refractivity contribution >= 4 is 11.8 Å². The number of rotatable bonds is 3. The summed E-state index contributed by atoms with van der Waals surface area (Å²) in [5, 5.41) is 8.55. The van der Waals surface area contributed by atoms with Crippen molar-refractivity contribution in [2.24, 2.45) is 5.92 Å². The Balaban J connectivity index is 1.51. The Morgan fingerprint density at radius 3 is 2.75 bits per heavy atom. The molecule has 1 aliphatic carbocycles. The van der Waals surface area contributed by atoms with Crippen LogP contribution < -0.4 is 0 Å². The van der Waals surface area contributed by atoms with E-state index >= 15 is 0 Å². The Hall–Kier alpha value is -2.18. The number of likely N-dealkylation sites (tertiary alicyclic amines) is 1. The molecule has 128 valence electrons. The molecule has 0 radical (unpaired) electrons. The van der Waals surface area contributed by atoms with E-state index < -0.39 is 0 Å². The summed E-state index contributed by atoms with van der Waals surface area (Å²) in [5.41, 5.74) is 1.83. The van der Waals surface area contributed by atoms with Crippen molar-refractivity contribution in [1.29, 1.82) is 0 Å². The van der Waals surface area contributed by atoms with Gasteiger partial charge in [0.2, 0.25) is 11.8 Å². The van der Waals surface area contributed by atoms with Crippen LogP contribution in [0.5, 0.6) is 0 Å². The summed E-state index contributed by atoms with van der Waals surface area (Å²) in [6.07, 6.45) is 8.33. The quantitative estimate of drug-likeness (QED) is 0.779. The second kappa shape index (κ2) is 6.37. The van der Waals surface area contributed by atoms with Gasteiger partial charge in [0.1, 0.15) is 5.69 Å². The van der Waals surface area contributed by atoms with Crippen LogP contribution in [0.2, 0.25) is 0 Å². The highest BCUT2D eigenvalue weighted by Gasteiger charge is 2.30. The van der Waals surface area contributed by atoms with Crippen LogP contribution in [0.3, 0.4) is 0 Å². The molecule has 0 unspecified atom stereocenters. The van der Waals surface area contributed by atoms with Crippen LogP contribution in [-0.2, 0) is 29.2 Å². The molecule has 3 heterocycles. The molecule has 1 aromatic heterocycles. The Morgan fingerprint density at radius 1 is 1.17 bits per heavy atom. The van der Waals surface area contributed by atoms with Crippen LogP contribution in [0.15, 0.2) is 12.2 Å². The molecule has 2 aliphatic heterocycles. The van der Waals surface area contributed by atoms with Crippen LogP contribution in [0.1, 0.15) is 43.5 Å². The van der Waals surface area contributed by atoms with Crippen LogP contribution in [-0.4, -0.2) is 49.7 Å². The summed E-state index contributed by atoms with van der Waals surface area (Å²) in [5.74, 6) is 0.518. The van der Waals surface area contributed by atoms with Gasteiger partial charge in [0.05, 0.1) is 18.8 Å². The summed E-state index contributed by atoms with van der Waals surface area (Å²) in [7, 11) is 0. The zero-order valence-electron chi connectivity index (χ0n) is 13.9. The monoisotopic (exact) mass is 329 g/mol. The molecule has 1 aromatic rings. The van der Waals surface area contributed by atoms with E-state index in [2.05, 4.69) is 22.5 Å². The molecule has 7 nitrogen and oxygen atoms in total. The highest BCUT2D eigenvalue weighted by molar-refractivity contribution is 5.80. The van der Waals surface area contributed by atoms with Gasteiger partial charge in [0, 0.05) is 32.0 Å². The molecule has 7 heteroatoms. The number of carbonyl (C=O) groups excluding carboxylic acids is 2. The van der Waals surface area contributed by atoms with Gasteiger partial charge in [-0.1, -0.05) is 17.4 Å². The maximum absolute atomic E-state index is 12.8. The molecular formula is C17H23N5O2. The van der Waals surface area contributed by atoms with Gasteiger partial charge >= 0.3 is 0 Å². The van der Waals surface area contributed by atoms with Gasteiger partial charge in [-0.15, -0.1) is 5.10 Å². The molecule has 1 fully saturated rings. The fraction of sp³-hybridized carbons (Fsp3) is 0.647. The molecule has 3 aliphatic rings. The summed E-state index contributed by atoms with van der Waals surface area (Å²) < 4.78 is 1.91. The minimum absolute atomic E-state index is 0.0936. The van der Waals surface area contributed by atoms with Crippen molar-refractivity contribution in [3.05, 3.63) is 23.5 Å². The Labute approximate surface area is 141 Å². The standard InChI is InChI=1S/C17H23N5O2/c23-16-7-3-8-20(16)11-14-15-12-21(9-4-10-22(15)19-18-14)17(24)13-5-1-2-6-13/h1-2,13H,3-12H2. The lowest BCUT2D eigenvalue weighted by Crippen LogP contribution is -2.35. The predicted octanol–water partition coefficient (Wildman–Crippen LogP) is 1.10. The van der Waals surface area contributed by atoms with Gasteiger partial charge in [0.25, 0.3) is 0 Å². The van der Waals surface area contributed by atoms with Crippen LogP contribution in [0.25, 0.3) is 0 Å². The minimum Gasteiger partial charge on any atom is -0.337 e. The first-order chi connectivity index (χ1) is 11.7. The lowest BCUT2D eigenvalue weighted by molar-refractivity contribution is -0.135. The zero-order chi connectivity index (χ0) is 16.5.